The molecule has 1 aliphatic carbocycles. The predicted molar refractivity (Wildman–Crippen MR) is 47.6 cm³/mol. The standard InChI is InChI=1S/C10H11NO/c12-7-5-9-4-3-8-2-1-6-11-10(8)9/h1-2,4,6,12H,3,5,7H2. The Balaban J connectivity index is 2.32. The van der Waals surface area contributed by atoms with E-state index in [2.05, 4.69) is 17.1 Å². The second-order valence-electron chi connectivity index (χ2n) is 2.92. The van der Waals surface area contributed by atoms with E-state index in [9.17, 15) is 0 Å². The van der Waals surface area contributed by atoms with E-state index >= 15 is 0 Å². The van der Waals surface area contributed by atoms with E-state index in [1.807, 2.05) is 6.07 Å². The zero-order valence-corrected chi connectivity index (χ0v) is 6.83. The summed E-state index contributed by atoms with van der Waals surface area (Å²) in [4.78, 5) is 4.28. The number of aromatic nitrogens is 1. The normalized spacial score (nSPS) is 14.2. The maximum atomic E-state index is 8.78. The molecule has 1 aromatic heterocycles. The highest BCUT2D eigenvalue weighted by atomic mass is 16.2. The lowest BCUT2D eigenvalue weighted by Crippen LogP contribution is -1.90. The number of allylic oxidation sites excluding steroid dienone is 1. The van der Waals surface area contributed by atoms with Crippen molar-refractivity contribution in [3.63, 3.8) is 0 Å². The van der Waals surface area contributed by atoms with Gasteiger partial charge in [0.05, 0.1) is 5.69 Å². The molecule has 0 unspecified atom stereocenters. The molecule has 2 heteroatoms. The molecule has 0 fully saturated rings. The molecule has 12 heavy (non-hydrogen) atoms. The van der Waals surface area contributed by atoms with E-state index in [-0.39, 0.29) is 6.61 Å². The van der Waals surface area contributed by atoms with Crippen LogP contribution in [-0.4, -0.2) is 16.7 Å². The average molecular weight is 161 g/mol. The van der Waals surface area contributed by atoms with Gasteiger partial charge >= 0.3 is 0 Å². The van der Waals surface area contributed by atoms with Gasteiger partial charge in [-0.15, -0.1) is 0 Å². The molecule has 0 saturated heterocycles. The first-order chi connectivity index (χ1) is 5.92. The van der Waals surface area contributed by atoms with Gasteiger partial charge in [-0.25, -0.2) is 0 Å². The summed E-state index contributed by atoms with van der Waals surface area (Å²) in [5.41, 5.74) is 3.54. The molecule has 62 valence electrons. The molecule has 1 N–H and O–H groups in total. The smallest absolute Gasteiger partial charge is 0.0694 e. The van der Waals surface area contributed by atoms with Crippen molar-refractivity contribution in [3.8, 4) is 0 Å². The van der Waals surface area contributed by atoms with Crippen LogP contribution in [0.3, 0.4) is 0 Å². The summed E-state index contributed by atoms with van der Waals surface area (Å²) in [5.74, 6) is 0. The lowest BCUT2D eigenvalue weighted by atomic mass is 10.1. The van der Waals surface area contributed by atoms with Crippen molar-refractivity contribution in [2.45, 2.75) is 12.8 Å². The minimum Gasteiger partial charge on any atom is -0.396 e. The van der Waals surface area contributed by atoms with Crippen molar-refractivity contribution >= 4 is 5.57 Å². The number of rotatable bonds is 2. The van der Waals surface area contributed by atoms with Crippen molar-refractivity contribution in [2.24, 2.45) is 0 Å². The lowest BCUT2D eigenvalue weighted by molar-refractivity contribution is 0.305. The van der Waals surface area contributed by atoms with Gasteiger partial charge in [0.15, 0.2) is 0 Å². The Hall–Kier alpha value is -1.15. The Morgan fingerprint density at radius 3 is 3.25 bits per heavy atom. The zero-order chi connectivity index (χ0) is 8.39. The van der Waals surface area contributed by atoms with Gasteiger partial charge in [-0.1, -0.05) is 12.1 Å². The first kappa shape index (κ1) is 7.50. The van der Waals surface area contributed by atoms with Crippen LogP contribution in [0.2, 0.25) is 0 Å². The molecular formula is C10H11NO. The van der Waals surface area contributed by atoms with E-state index < -0.39 is 0 Å². The van der Waals surface area contributed by atoms with E-state index in [1.54, 1.807) is 6.20 Å². The fourth-order valence-corrected chi connectivity index (χ4v) is 1.56. The number of fused-ring (bicyclic) bond motifs is 1. The summed E-state index contributed by atoms with van der Waals surface area (Å²) in [6.45, 7) is 0.210. The van der Waals surface area contributed by atoms with Crippen molar-refractivity contribution in [1.82, 2.24) is 4.98 Å². The summed E-state index contributed by atoms with van der Waals surface area (Å²) in [6, 6.07) is 4.04. The van der Waals surface area contributed by atoms with Gasteiger partial charge in [-0.2, -0.15) is 0 Å². The van der Waals surface area contributed by atoms with Gasteiger partial charge in [0.2, 0.25) is 0 Å². The minimum absolute atomic E-state index is 0.210. The first-order valence-corrected chi connectivity index (χ1v) is 4.16. The molecule has 0 aromatic carbocycles. The molecule has 2 nitrogen and oxygen atoms in total. The van der Waals surface area contributed by atoms with E-state index in [4.69, 9.17) is 5.11 Å². The van der Waals surface area contributed by atoms with E-state index in [1.165, 1.54) is 11.1 Å². The highest BCUT2D eigenvalue weighted by Gasteiger charge is 2.13. The molecule has 0 aliphatic heterocycles. The molecule has 2 rings (SSSR count). The summed E-state index contributed by atoms with van der Waals surface area (Å²) in [7, 11) is 0. The minimum atomic E-state index is 0.210. The monoisotopic (exact) mass is 161 g/mol. The van der Waals surface area contributed by atoms with Crippen molar-refractivity contribution in [2.75, 3.05) is 6.61 Å². The van der Waals surface area contributed by atoms with Crippen molar-refractivity contribution in [3.05, 3.63) is 35.7 Å². The molecule has 0 saturated carbocycles. The molecule has 0 atom stereocenters. The highest BCUT2D eigenvalue weighted by Crippen LogP contribution is 2.26. The Morgan fingerprint density at radius 2 is 2.42 bits per heavy atom. The summed E-state index contributed by atoms with van der Waals surface area (Å²) in [5, 5.41) is 8.78. The zero-order valence-electron chi connectivity index (χ0n) is 6.83. The number of pyridine rings is 1. The maximum Gasteiger partial charge on any atom is 0.0694 e. The fourth-order valence-electron chi connectivity index (χ4n) is 1.56. The van der Waals surface area contributed by atoms with Crippen LogP contribution in [-0.2, 0) is 6.42 Å². The van der Waals surface area contributed by atoms with E-state index in [0.29, 0.717) is 0 Å². The number of aliphatic hydroxyl groups is 1. The number of nitrogens with zero attached hydrogens (tertiary/aromatic N) is 1. The molecule has 1 aromatic rings. The van der Waals surface area contributed by atoms with Crippen molar-refractivity contribution in [1.29, 1.82) is 0 Å². The van der Waals surface area contributed by atoms with Crippen LogP contribution in [0.4, 0.5) is 0 Å². The number of hydrogen-bond acceptors (Lipinski definition) is 2. The van der Waals surface area contributed by atoms with Gasteiger partial charge in [0, 0.05) is 12.8 Å². The van der Waals surface area contributed by atoms with Crippen LogP contribution >= 0.6 is 0 Å². The third-order valence-electron chi connectivity index (χ3n) is 2.14. The molecule has 0 bridgehead atoms. The van der Waals surface area contributed by atoms with Crippen LogP contribution in [0.15, 0.2) is 24.4 Å². The van der Waals surface area contributed by atoms with Gasteiger partial charge < -0.3 is 5.11 Å². The molecule has 1 heterocycles. The molecule has 0 spiro atoms. The maximum absolute atomic E-state index is 8.78. The summed E-state index contributed by atoms with van der Waals surface area (Å²) < 4.78 is 0. The van der Waals surface area contributed by atoms with Crippen LogP contribution in [0.5, 0.6) is 0 Å². The van der Waals surface area contributed by atoms with Gasteiger partial charge in [-0.05, 0) is 30.0 Å². The third kappa shape index (κ3) is 1.14. The summed E-state index contributed by atoms with van der Waals surface area (Å²) >= 11 is 0. The predicted octanol–water partition coefficient (Wildman–Crippen LogP) is 1.40. The van der Waals surface area contributed by atoms with Gasteiger partial charge in [0.1, 0.15) is 0 Å². The second-order valence-corrected chi connectivity index (χ2v) is 2.92. The molecule has 0 amide bonds. The van der Waals surface area contributed by atoms with Crippen LogP contribution in [0.25, 0.3) is 5.57 Å². The fraction of sp³-hybridized carbons (Fsp3) is 0.300. The Kier molecular flexibility index (Phi) is 1.92. The topological polar surface area (TPSA) is 33.1 Å². The van der Waals surface area contributed by atoms with Crippen LogP contribution < -0.4 is 0 Å². The number of aliphatic hydroxyl groups excluding tert-OH is 1. The Labute approximate surface area is 71.6 Å². The lowest BCUT2D eigenvalue weighted by Gasteiger charge is -2.00. The SMILES string of the molecule is OCCC1=CCc2cccnc21. The molecular weight excluding hydrogens is 150 g/mol. The molecule has 0 radical (unpaired) electrons. The van der Waals surface area contributed by atoms with Gasteiger partial charge in [0.25, 0.3) is 0 Å². The van der Waals surface area contributed by atoms with Gasteiger partial charge in [-0.3, -0.25) is 4.98 Å². The third-order valence-corrected chi connectivity index (χ3v) is 2.14. The van der Waals surface area contributed by atoms with Crippen LogP contribution in [0, 0.1) is 0 Å². The average Bonchev–Trinajstić information content (AvgIpc) is 2.50. The number of hydrogen-bond donors (Lipinski definition) is 1. The molecule has 1 aliphatic rings. The largest absolute Gasteiger partial charge is 0.396 e. The van der Waals surface area contributed by atoms with Crippen LogP contribution in [0.1, 0.15) is 17.7 Å². The Bertz CT molecular complexity index is 317. The highest BCUT2D eigenvalue weighted by molar-refractivity contribution is 5.69. The quantitative estimate of drug-likeness (QED) is 0.711. The second kappa shape index (κ2) is 3.07. The van der Waals surface area contributed by atoms with Crippen molar-refractivity contribution < 1.29 is 5.11 Å². The first-order valence-electron chi connectivity index (χ1n) is 4.16. The van der Waals surface area contributed by atoms with E-state index in [0.717, 1.165) is 18.5 Å². The Morgan fingerprint density at radius 1 is 1.50 bits per heavy atom. The summed E-state index contributed by atoms with van der Waals surface area (Å²) in [6.07, 6.45) is 5.64.